The molecule has 0 saturated carbocycles. The van der Waals surface area contributed by atoms with Crippen LogP contribution in [0.25, 0.3) is 0 Å². The molecule has 0 aliphatic carbocycles. The molecule has 0 atom stereocenters. The third-order valence-corrected chi connectivity index (χ3v) is 3.06. The highest BCUT2D eigenvalue weighted by atomic mass is 15.3. The van der Waals surface area contributed by atoms with Gasteiger partial charge in [0, 0.05) is 5.56 Å². The lowest BCUT2D eigenvalue weighted by molar-refractivity contribution is -0.928. The number of nitrogens with zero attached hydrogens (tertiary/aromatic N) is 1. The van der Waals surface area contributed by atoms with Crippen molar-refractivity contribution in [3.8, 4) is 0 Å². The summed E-state index contributed by atoms with van der Waals surface area (Å²) in [6.45, 7) is 14.1. The number of hydrogen-bond donors (Lipinski definition) is 0. The van der Waals surface area contributed by atoms with Gasteiger partial charge in [0.25, 0.3) is 0 Å². The van der Waals surface area contributed by atoms with E-state index in [0.29, 0.717) is 0 Å². The van der Waals surface area contributed by atoms with Crippen molar-refractivity contribution in [3.63, 3.8) is 0 Å². The molecule has 0 heterocycles. The van der Waals surface area contributed by atoms with Crippen LogP contribution in [0.4, 0.5) is 0 Å². The highest BCUT2D eigenvalue weighted by Gasteiger charge is 2.22. The van der Waals surface area contributed by atoms with Crippen molar-refractivity contribution in [1.82, 2.24) is 0 Å². The summed E-state index contributed by atoms with van der Waals surface area (Å²) in [5.41, 5.74) is 1.38. The Labute approximate surface area is 99.3 Å². The maximum atomic E-state index is 3.87. The van der Waals surface area contributed by atoms with Crippen LogP contribution < -0.4 is 0 Å². The van der Waals surface area contributed by atoms with Crippen molar-refractivity contribution < 1.29 is 4.48 Å². The van der Waals surface area contributed by atoms with Crippen molar-refractivity contribution in [2.75, 3.05) is 19.6 Å². The lowest BCUT2D eigenvalue weighted by Gasteiger charge is -2.36. The molecule has 0 amide bonds. The SMILES string of the molecule is C=CC[N+](CC)(CC=C)Cc1ccccc1. The topological polar surface area (TPSA) is 0 Å². The van der Waals surface area contributed by atoms with E-state index in [1.54, 1.807) is 0 Å². The van der Waals surface area contributed by atoms with Crippen LogP contribution in [-0.4, -0.2) is 24.1 Å². The van der Waals surface area contributed by atoms with Crippen molar-refractivity contribution in [2.24, 2.45) is 0 Å². The van der Waals surface area contributed by atoms with Gasteiger partial charge in [-0.2, -0.15) is 0 Å². The summed E-state index contributed by atoms with van der Waals surface area (Å²) in [5, 5.41) is 0. The lowest BCUT2D eigenvalue weighted by atomic mass is 10.1. The van der Waals surface area contributed by atoms with Crippen LogP contribution in [0.5, 0.6) is 0 Å². The number of quaternary nitrogens is 1. The molecule has 0 N–H and O–H groups in total. The summed E-state index contributed by atoms with van der Waals surface area (Å²) in [6.07, 6.45) is 4.02. The Kier molecular flexibility index (Phi) is 5.00. The predicted molar refractivity (Wildman–Crippen MR) is 71.1 cm³/mol. The van der Waals surface area contributed by atoms with Crippen LogP contribution in [0.1, 0.15) is 12.5 Å². The van der Waals surface area contributed by atoms with Crippen LogP contribution in [0.15, 0.2) is 55.6 Å². The molecule has 1 aromatic carbocycles. The first-order chi connectivity index (χ1) is 7.76. The fourth-order valence-corrected chi connectivity index (χ4v) is 2.09. The van der Waals surface area contributed by atoms with Crippen LogP contribution >= 0.6 is 0 Å². The van der Waals surface area contributed by atoms with Gasteiger partial charge in [-0.15, -0.1) is 0 Å². The summed E-state index contributed by atoms with van der Waals surface area (Å²) in [6, 6.07) is 10.6. The van der Waals surface area contributed by atoms with Gasteiger partial charge in [0.05, 0.1) is 19.6 Å². The largest absolute Gasteiger partial charge is 0.314 e. The van der Waals surface area contributed by atoms with Gasteiger partial charge >= 0.3 is 0 Å². The molecule has 0 fully saturated rings. The molecule has 1 heteroatoms. The van der Waals surface area contributed by atoms with E-state index < -0.39 is 0 Å². The molecule has 0 radical (unpaired) electrons. The van der Waals surface area contributed by atoms with E-state index >= 15 is 0 Å². The molecule has 0 saturated heterocycles. The monoisotopic (exact) mass is 216 g/mol. The summed E-state index contributed by atoms with van der Waals surface area (Å²) in [4.78, 5) is 0. The lowest BCUT2D eigenvalue weighted by Crippen LogP contribution is -2.47. The number of hydrogen-bond acceptors (Lipinski definition) is 0. The maximum absolute atomic E-state index is 3.87. The highest BCUT2D eigenvalue weighted by Crippen LogP contribution is 2.14. The predicted octanol–water partition coefficient (Wildman–Crippen LogP) is 3.40. The van der Waals surface area contributed by atoms with E-state index in [-0.39, 0.29) is 0 Å². The van der Waals surface area contributed by atoms with E-state index in [1.165, 1.54) is 5.56 Å². The van der Waals surface area contributed by atoms with Crippen molar-refractivity contribution >= 4 is 0 Å². The maximum Gasteiger partial charge on any atom is 0.105 e. The average molecular weight is 216 g/mol. The normalized spacial score (nSPS) is 11.1. The second-order valence-corrected chi connectivity index (χ2v) is 4.24. The number of rotatable bonds is 7. The summed E-state index contributed by atoms with van der Waals surface area (Å²) in [7, 11) is 0. The molecule has 0 spiro atoms. The Hall–Kier alpha value is -1.34. The van der Waals surface area contributed by atoms with Crippen LogP contribution in [0, 0.1) is 0 Å². The zero-order valence-electron chi connectivity index (χ0n) is 10.2. The van der Waals surface area contributed by atoms with Gasteiger partial charge in [-0.1, -0.05) is 43.5 Å². The Balaban J connectivity index is 2.84. The van der Waals surface area contributed by atoms with Gasteiger partial charge in [0.1, 0.15) is 6.54 Å². The number of likely N-dealkylation sites (N-methyl/N-ethyl adjacent to an activating group) is 1. The molecule has 86 valence electrons. The second kappa shape index (κ2) is 6.29. The van der Waals surface area contributed by atoms with Crippen LogP contribution in [0.3, 0.4) is 0 Å². The average Bonchev–Trinajstić information content (AvgIpc) is 2.31. The minimum atomic E-state index is 0.997. The molecule has 1 aromatic rings. The van der Waals surface area contributed by atoms with Gasteiger partial charge < -0.3 is 4.48 Å². The van der Waals surface area contributed by atoms with E-state index in [2.05, 4.69) is 50.4 Å². The third kappa shape index (κ3) is 3.35. The van der Waals surface area contributed by atoms with Crippen LogP contribution in [0.2, 0.25) is 0 Å². The summed E-state index contributed by atoms with van der Waals surface area (Å²) in [5.74, 6) is 0. The molecule has 1 rings (SSSR count). The quantitative estimate of drug-likeness (QED) is 0.484. The van der Waals surface area contributed by atoms with Gasteiger partial charge in [-0.05, 0) is 19.1 Å². The van der Waals surface area contributed by atoms with E-state index in [9.17, 15) is 0 Å². The van der Waals surface area contributed by atoms with Crippen LogP contribution in [-0.2, 0) is 6.54 Å². The van der Waals surface area contributed by atoms with Crippen molar-refractivity contribution in [2.45, 2.75) is 13.5 Å². The fourth-order valence-electron chi connectivity index (χ4n) is 2.09. The smallest absolute Gasteiger partial charge is 0.105 e. The Morgan fingerprint density at radius 1 is 1.06 bits per heavy atom. The molecule has 0 aliphatic rings. The molecule has 0 bridgehead atoms. The fraction of sp³-hybridized carbons (Fsp3) is 0.333. The van der Waals surface area contributed by atoms with Gasteiger partial charge in [-0.25, -0.2) is 0 Å². The van der Waals surface area contributed by atoms with Crippen molar-refractivity contribution in [3.05, 3.63) is 61.2 Å². The Bertz CT molecular complexity index is 317. The summed E-state index contributed by atoms with van der Waals surface area (Å²) >= 11 is 0. The molecule has 0 unspecified atom stereocenters. The van der Waals surface area contributed by atoms with E-state index in [1.807, 2.05) is 12.2 Å². The molecule has 1 nitrogen and oxygen atoms in total. The minimum Gasteiger partial charge on any atom is -0.314 e. The molecule has 0 aromatic heterocycles. The Morgan fingerprint density at radius 3 is 2.06 bits per heavy atom. The zero-order valence-corrected chi connectivity index (χ0v) is 10.2. The Morgan fingerprint density at radius 2 is 1.62 bits per heavy atom. The molecular weight excluding hydrogens is 194 g/mol. The second-order valence-electron chi connectivity index (χ2n) is 4.24. The highest BCUT2D eigenvalue weighted by molar-refractivity contribution is 5.13. The molecule has 16 heavy (non-hydrogen) atoms. The third-order valence-electron chi connectivity index (χ3n) is 3.06. The first-order valence-electron chi connectivity index (χ1n) is 5.87. The minimum absolute atomic E-state index is 0.997. The van der Waals surface area contributed by atoms with E-state index in [4.69, 9.17) is 0 Å². The first-order valence-corrected chi connectivity index (χ1v) is 5.87. The van der Waals surface area contributed by atoms with Gasteiger partial charge in [0.2, 0.25) is 0 Å². The van der Waals surface area contributed by atoms with Gasteiger partial charge in [0.15, 0.2) is 0 Å². The number of benzene rings is 1. The zero-order chi connectivity index (χ0) is 11.9. The van der Waals surface area contributed by atoms with Gasteiger partial charge in [-0.3, -0.25) is 0 Å². The standard InChI is InChI=1S/C15H22N/c1-4-12-16(6-3,13-5-2)14-15-10-8-7-9-11-15/h4-5,7-11H,1-2,6,12-14H2,3H3/q+1. The van der Waals surface area contributed by atoms with E-state index in [0.717, 1.165) is 30.7 Å². The van der Waals surface area contributed by atoms with Crippen molar-refractivity contribution in [1.29, 1.82) is 0 Å². The molecule has 0 aliphatic heterocycles. The summed E-state index contributed by atoms with van der Waals surface area (Å²) < 4.78 is 1.01. The molecular formula is C15H22N+. The first kappa shape index (κ1) is 12.7.